The number of hydrogen-bond donors (Lipinski definition) is 1. The topological polar surface area (TPSA) is 63.1 Å². The number of rotatable bonds is 3. The van der Waals surface area contributed by atoms with E-state index in [-0.39, 0.29) is 5.56 Å². The highest BCUT2D eigenvalue weighted by Gasteiger charge is 2.18. The lowest BCUT2D eigenvalue weighted by Gasteiger charge is -2.07. The first-order valence-electron chi connectivity index (χ1n) is 5.40. The molecule has 0 amide bonds. The van der Waals surface area contributed by atoms with Crippen molar-refractivity contribution in [1.82, 2.24) is 9.97 Å². The van der Waals surface area contributed by atoms with E-state index in [1.165, 1.54) is 31.9 Å². The third-order valence-corrected chi connectivity index (χ3v) is 3.97. The van der Waals surface area contributed by atoms with Gasteiger partial charge in [0.25, 0.3) is 0 Å². The van der Waals surface area contributed by atoms with Crippen molar-refractivity contribution >= 4 is 17.7 Å². The van der Waals surface area contributed by atoms with Crippen molar-refractivity contribution < 1.29 is 9.90 Å². The Kier molecular flexibility index (Phi) is 3.43. The molecule has 5 heteroatoms. The summed E-state index contributed by atoms with van der Waals surface area (Å²) in [6, 6.07) is 0. The van der Waals surface area contributed by atoms with Gasteiger partial charge in [-0.2, -0.15) is 0 Å². The summed E-state index contributed by atoms with van der Waals surface area (Å²) in [5, 5.41) is 10.2. The van der Waals surface area contributed by atoms with Crippen molar-refractivity contribution in [2.75, 3.05) is 0 Å². The second-order valence-electron chi connectivity index (χ2n) is 3.98. The lowest BCUT2D eigenvalue weighted by molar-refractivity contribution is 0.0695. The van der Waals surface area contributed by atoms with E-state index in [1.807, 2.05) is 0 Å². The third-order valence-electron chi connectivity index (χ3n) is 2.76. The van der Waals surface area contributed by atoms with Gasteiger partial charge < -0.3 is 5.11 Å². The molecule has 0 spiro atoms. The molecule has 1 saturated carbocycles. The van der Waals surface area contributed by atoms with Crippen molar-refractivity contribution in [3.8, 4) is 0 Å². The van der Waals surface area contributed by atoms with Gasteiger partial charge in [0.05, 0.1) is 11.3 Å². The molecule has 0 atom stereocenters. The number of carboxylic acid groups (broad SMARTS) is 1. The molecule has 1 fully saturated rings. The van der Waals surface area contributed by atoms with E-state index in [9.17, 15) is 4.79 Å². The summed E-state index contributed by atoms with van der Waals surface area (Å²) in [7, 11) is 0. The van der Waals surface area contributed by atoms with Crippen LogP contribution in [0.3, 0.4) is 0 Å². The number of carboxylic acids is 1. The van der Waals surface area contributed by atoms with Crippen molar-refractivity contribution in [3.63, 3.8) is 0 Å². The van der Waals surface area contributed by atoms with Crippen LogP contribution >= 0.6 is 11.8 Å². The second-order valence-corrected chi connectivity index (χ2v) is 5.25. The Bertz CT molecular complexity index is 403. The predicted octanol–water partition coefficient (Wildman–Crippen LogP) is 2.52. The van der Waals surface area contributed by atoms with E-state index >= 15 is 0 Å². The molecule has 4 nitrogen and oxygen atoms in total. The van der Waals surface area contributed by atoms with Crippen LogP contribution in [-0.4, -0.2) is 26.3 Å². The standard InChI is InChI=1S/C11H14N2O2S/c1-7-9(10(14)15)6-12-11(13-7)16-8-4-2-3-5-8/h6,8H,2-5H2,1H3,(H,14,15). The molecule has 86 valence electrons. The van der Waals surface area contributed by atoms with E-state index in [1.54, 1.807) is 18.7 Å². The predicted molar refractivity (Wildman–Crippen MR) is 61.8 cm³/mol. The molecule has 0 bridgehead atoms. The van der Waals surface area contributed by atoms with E-state index in [4.69, 9.17) is 5.11 Å². The Morgan fingerprint density at radius 3 is 2.75 bits per heavy atom. The fourth-order valence-electron chi connectivity index (χ4n) is 1.87. The van der Waals surface area contributed by atoms with Crippen molar-refractivity contribution in [1.29, 1.82) is 0 Å². The molecule has 2 rings (SSSR count). The second kappa shape index (κ2) is 4.82. The zero-order valence-electron chi connectivity index (χ0n) is 9.14. The minimum absolute atomic E-state index is 0.191. The molecule has 1 aliphatic rings. The average molecular weight is 238 g/mol. The third kappa shape index (κ3) is 2.52. The van der Waals surface area contributed by atoms with Crippen molar-refractivity contribution in [3.05, 3.63) is 17.5 Å². The lowest BCUT2D eigenvalue weighted by atomic mass is 10.2. The van der Waals surface area contributed by atoms with Crippen molar-refractivity contribution in [2.45, 2.75) is 43.0 Å². The van der Waals surface area contributed by atoms with Gasteiger partial charge in [-0.15, -0.1) is 0 Å². The molecule has 0 unspecified atom stereocenters. The summed E-state index contributed by atoms with van der Waals surface area (Å²) >= 11 is 1.67. The van der Waals surface area contributed by atoms with Crippen LogP contribution in [0.15, 0.2) is 11.4 Å². The van der Waals surface area contributed by atoms with Gasteiger partial charge in [0.1, 0.15) is 0 Å². The fourth-order valence-corrected chi connectivity index (χ4v) is 3.04. The van der Waals surface area contributed by atoms with Gasteiger partial charge in [-0.3, -0.25) is 0 Å². The van der Waals surface area contributed by atoms with E-state index in [0.29, 0.717) is 16.1 Å². The van der Waals surface area contributed by atoms with E-state index in [2.05, 4.69) is 9.97 Å². The highest BCUT2D eigenvalue weighted by Crippen LogP contribution is 2.32. The van der Waals surface area contributed by atoms with E-state index < -0.39 is 5.97 Å². The maximum atomic E-state index is 10.8. The average Bonchev–Trinajstić information content (AvgIpc) is 2.70. The summed E-state index contributed by atoms with van der Waals surface area (Å²) in [6.45, 7) is 1.71. The smallest absolute Gasteiger partial charge is 0.339 e. The molecule has 0 aromatic carbocycles. The van der Waals surface area contributed by atoms with Crippen LogP contribution in [0.2, 0.25) is 0 Å². The molecular formula is C11H14N2O2S. The molecule has 1 aromatic heterocycles. The van der Waals surface area contributed by atoms with Crippen LogP contribution < -0.4 is 0 Å². The molecule has 1 aliphatic carbocycles. The Labute approximate surface area is 98.5 Å². The first kappa shape index (κ1) is 11.4. The number of nitrogens with zero attached hydrogens (tertiary/aromatic N) is 2. The molecule has 16 heavy (non-hydrogen) atoms. The lowest BCUT2D eigenvalue weighted by Crippen LogP contribution is -2.05. The van der Waals surface area contributed by atoms with Gasteiger partial charge in [0.2, 0.25) is 0 Å². The first-order chi connectivity index (χ1) is 7.66. The molecule has 1 heterocycles. The summed E-state index contributed by atoms with van der Waals surface area (Å²) in [5.41, 5.74) is 0.735. The minimum Gasteiger partial charge on any atom is -0.478 e. The van der Waals surface area contributed by atoms with Gasteiger partial charge >= 0.3 is 5.97 Å². The maximum Gasteiger partial charge on any atom is 0.339 e. The normalized spacial score (nSPS) is 16.6. The Hall–Kier alpha value is -1.10. The Morgan fingerprint density at radius 1 is 1.50 bits per heavy atom. The zero-order chi connectivity index (χ0) is 11.5. The SMILES string of the molecule is Cc1nc(SC2CCCC2)ncc1C(=O)O. The van der Waals surface area contributed by atoms with Crippen LogP contribution in [0.1, 0.15) is 41.7 Å². The van der Waals surface area contributed by atoms with E-state index in [0.717, 1.165) is 0 Å². The van der Waals surface area contributed by atoms with Gasteiger partial charge in [-0.25, -0.2) is 14.8 Å². The summed E-state index contributed by atoms with van der Waals surface area (Å²) in [6.07, 6.45) is 6.40. The summed E-state index contributed by atoms with van der Waals surface area (Å²) in [4.78, 5) is 19.1. The van der Waals surface area contributed by atoms with Crippen LogP contribution in [0, 0.1) is 6.92 Å². The number of hydrogen-bond acceptors (Lipinski definition) is 4. The first-order valence-corrected chi connectivity index (χ1v) is 6.28. The number of aromatic carboxylic acids is 1. The Balaban J connectivity index is 2.11. The number of carbonyl (C=O) groups is 1. The highest BCUT2D eigenvalue weighted by molar-refractivity contribution is 7.99. The van der Waals surface area contributed by atoms with Crippen LogP contribution in [0.4, 0.5) is 0 Å². The van der Waals surface area contributed by atoms with Gasteiger partial charge in [0.15, 0.2) is 5.16 Å². The van der Waals surface area contributed by atoms with Crippen LogP contribution in [-0.2, 0) is 0 Å². The highest BCUT2D eigenvalue weighted by atomic mass is 32.2. The van der Waals surface area contributed by atoms with Gasteiger partial charge in [0, 0.05) is 11.4 Å². The maximum absolute atomic E-state index is 10.8. The largest absolute Gasteiger partial charge is 0.478 e. The van der Waals surface area contributed by atoms with Crippen LogP contribution in [0.5, 0.6) is 0 Å². The van der Waals surface area contributed by atoms with Gasteiger partial charge in [-0.1, -0.05) is 24.6 Å². The summed E-state index contributed by atoms with van der Waals surface area (Å²) < 4.78 is 0. The Morgan fingerprint density at radius 2 is 2.19 bits per heavy atom. The summed E-state index contributed by atoms with van der Waals surface area (Å²) in [5.74, 6) is -0.963. The molecule has 1 aromatic rings. The molecule has 0 radical (unpaired) electrons. The fraction of sp³-hybridized carbons (Fsp3) is 0.545. The monoisotopic (exact) mass is 238 g/mol. The molecular weight excluding hydrogens is 224 g/mol. The molecule has 0 saturated heterocycles. The van der Waals surface area contributed by atoms with Crippen molar-refractivity contribution in [2.24, 2.45) is 0 Å². The molecule has 1 N–H and O–H groups in total. The zero-order valence-corrected chi connectivity index (χ0v) is 9.96. The molecule has 0 aliphatic heterocycles. The number of aryl methyl sites for hydroxylation is 1. The van der Waals surface area contributed by atoms with Crippen LogP contribution in [0.25, 0.3) is 0 Å². The minimum atomic E-state index is -0.963. The van der Waals surface area contributed by atoms with Gasteiger partial charge in [-0.05, 0) is 19.8 Å². The number of aromatic nitrogens is 2. The number of thioether (sulfide) groups is 1. The quantitative estimate of drug-likeness (QED) is 0.820.